The number of carbonyl (C=O) groups excluding carboxylic acids is 2. The van der Waals surface area contributed by atoms with Crippen molar-refractivity contribution in [3.63, 3.8) is 0 Å². The maximum atomic E-state index is 13.1. The number of hydrogen-bond acceptors (Lipinski definition) is 10. The lowest BCUT2D eigenvalue weighted by molar-refractivity contribution is -0.189. The van der Waals surface area contributed by atoms with Gasteiger partial charge in [0.25, 0.3) is 0 Å². The van der Waals surface area contributed by atoms with Crippen molar-refractivity contribution in [2.75, 3.05) is 76.6 Å². The third-order valence-corrected chi connectivity index (χ3v) is 12.3. The van der Waals surface area contributed by atoms with E-state index in [-0.39, 0.29) is 75.2 Å². The molecule has 0 radical (unpaired) electrons. The Morgan fingerprint density at radius 2 is 1.05 bits per heavy atom. The summed E-state index contributed by atoms with van der Waals surface area (Å²) in [5.74, 6) is -0.435. The summed E-state index contributed by atoms with van der Waals surface area (Å²) in [5.41, 5.74) is 1.55. The smallest absolute Gasteiger partial charge is 0.394 e. The van der Waals surface area contributed by atoms with Crippen LogP contribution in [0.4, 0.5) is 37.7 Å². The summed E-state index contributed by atoms with van der Waals surface area (Å²) in [6.45, 7) is 5.77. The van der Waals surface area contributed by atoms with Gasteiger partial charge in [0.15, 0.2) is 0 Å². The van der Waals surface area contributed by atoms with E-state index in [1.807, 2.05) is 36.4 Å². The Labute approximate surface area is 344 Å². The molecule has 60 heavy (non-hydrogen) atoms. The molecule has 328 valence electrons. The lowest BCUT2D eigenvalue weighted by Crippen LogP contribution is -2.36. The van der Waals surface area contributed by atoms with Gasteiger partial charge in [0.1, 0.15) is 0 Å². The van der Waals surface area contributed by atoms with E-state index in [2.05, 4.69) is 19.8 Å². The first kappa shape index (κ1) is 43.5. The van der Waals surface area contributed by atoms with Crippen molar-refractivity contribution in [1.82, 2.24) is 19.1 Å². The lowest BCUT2D eigenvalue weighted by atomic mass is 9.97. The van der Waals surface area contributed by atoms with Gasteiger partial charge in [-0.15, -0.1) is 0 Å². The molecule has 2 aromatic carbocycles. The van der Waals surface area contributed by atoms with Crippen LogP contribution in [0.5, 0.6) is 12.0 Å². The Morgan fingerprint density at radius 1 is 0.617 bits per heavy atom. The number of aromatic nitrogens is 4. The van der Waals surface area contributed by atoms with Gasteiger partial charge in [-0.05, 0) is 87.8 Å². The number of hydrogen-bond donors (Lipinski definition) is 0. The molecule has 0 N–H and O–H groups in total. The van der Waals surface area contributed by atoms with Gasteiger partial charge in [-0.3, -0.25) is 9.59 Å². The zero-order valence-corrected chi connectivity index (χ0v) is 34.0. The maximum absolute atomic E-state index is 13.1. The van der Waals surface area contributed by atoms with Crippen LogP contribution < -0.4 is 19.3 Å². The van der Waals surface area contributed by atoms with Crippen molar-refractivity contribution in [1.29, 1.82) is 0 Å². The zero-order chi connectivity index (χ0) is 42.7. The van der Waals surface area contributed by atoms with Crippen LogP contribution in [0.3, 0.4) is 0 Å². The van der Waals surface area contributed by atoms with Gasteiger partial charge in [0.05, 0.1) is 73.5 Å². The van der Waals surface area contributed by atoms with Gasteiger partial charge in [-0.2, -0.15) is 36.3 Å². The van der Waals surface area contributed by atoms with Crippen LogP contribution in [0, 0.1) is 10.8 Å². The number of benzene rings is 2. The monoisotopic (exact) mass is 850 g/mol. The average Bonchev–Trinajstić information content (AvgIpc) is 4.16. The highest BCUT2D eigenvalue weighted by Crippen LogP contribution is 2.61. The largest absolute Gasteiger partial charge is 0.468 e. The number of anilines is 2. The minimum atomic E-state index is -4.14. The topological polar surface area (TPSA) is 113 Å². The predicted octanol–water partition coefficient (Wildman–Crippen LogP) is 8.85. The van der Waals surface area contributed by atoms with Gasteiger partial charge in [-0.1, -0.05) is 12.8 Å². The summed E-state index contributed by atoms with van der Waals surface area (Å²) in [5, 5.41) is 0. The van der Waals surface area contributed by atoms with Crippen molar-refractivity contribution in [3.8, 4) is 12.0 Å². The van der Waals surface area contributed by atoms with Crippen molar-refractivity contribution in [2.24, 2.45) is 10.8 Å². The average molecular weight is 851 g/mol. The van der Waals surface area contributed by atoms with E-state index in [0.29, 0.717) is 74.2 Å². The van der Waals surface area contributed by atoms with Crippen LogP contribution in [0.15, 0.2) is 36.4 Å². The molecule has 4 aromatic rings. The SMILES string of the molecule is COc1nc2cc(N3CCOCC3)ccc2n1C(=O)CCCCC1(C(F)(F)F)CC1.COc1nc2ccc(N3CCOCC3)cc2n1C(=O)CCCCC1(C(F)(F)F)CC1. The predicted molar refractivity (Wildman–Crippen MR) is 212 cm³/mol. The van der Waals surface area contributed by atoms with E-state index in [0.717, 1.165) is 37.6 Å². The first-order valence-corrected chi connectivity index (χ1v) is 20.7. The summed E-state index contributed by atoms with van der Waals surface area (Å²) >= 11 is 0. The number of fused-ring (bicyclic) bond motifs is 2. The van der Waals surface area contributed by atoms with E-state index in [9.17, 15) is 35.9 Å². The quantitative estimate of drug-likeness (QED) is 0.0901. The van der Waals surface area contributed by atoms with E-state index in [1.165, 1.54) is 23.4 Å². The summed E-state index contributed by atoms with van der Waals surface area (Å²) in [6.07, 6.45) is -5.42. The van der Waals surface area contributed by atoms with Gasteiger partial charge in [0.2, 0.25) is 11.8 Å². The summed E-state index contributed by atoms with van der Waals surface area (Å²) in [7, 11) is 2.90. The molecule has 2 aromatic heterocycles. The molecule has 12 nitrogen and oxygen atoms in total. The Morgan fingerprint density at radius 3 is 1.50 bits per heavy atom. The molecule has 0 bridgehead atoms. The second-order valence-corrected chi connectivity index (χ2v) is 16.2. The van der Waals surface area contributed by atoms with Crippen molar-refractivity contribution >= 4 is 45.3 Å². The number of rotatable bonds is 14. The molecule has 2 aliphatic heterocycles. The number of methoxy groups -OCH3 is 2. The molecule has 0 amide bonds. The van der Waals surface area contributed by atoms with Crippen LogP contribution in [-0.4, -0.2) is 110 Å². The highest BCUT2D eigenvalue weighted by atomic mass is 19.4. The van der Waals surface area contributed by atoms with E-state index >= 15 is 0 Å². The van der Waals surface area contributed by atoms with E-state index < -0.39 is 23.2 Å². The molecule has 0 unspecified atom stereocenters. The highest BCUT2D eigenvalue weighted by Gasteiger charge is 2.63. The van der Waals surface area contributed by atoms with Gasteiger partial charge in [-0.25, -0.2) is 9.13 Å². The lowest BCUT2D eigenvalue weighted by Gasteiger charge is -2.28. The molecule has 4 fully saturated rings. The Kier molecular flexibility index (Phi) is 12.9. The number of nitrogens with zero attached hydrogens (tertiary/aromatic N) is 6. The minimum Gasteiger partial charge on any atom is -0.468 e. The van der Waals surface area contributed by atoms with Crippen LogP contribution >= 0.6 is 0 Å². The number of alkyl halides is 6. The standard InChI is InChI=1S/2C21H26F3N3O3/c1-29-19-25-16-14-15(26-10-12-30-13-11-26)5-6-17(16)27(19)18(28)4-2-3-7-20(8-9-20)21(22,23)24;1-29-19-25-16-6-5-15(26-10-12-30-13-11-26)14-17(16)27(19)18(28)4-2-3-7-20(8-9-20)21(22,23)24/h2*5-6,14H,2-4,7-13H2,1H3. The number of ether oxygens (including phenoxy) is 4. The molecule has 18 heteroatoms. The van der Waals surface area contributed by atoms with Gasteiger partial charge >= 0.3 is 24.4 Å². The van der Waals surface area contributed by atoms with Crippen LogP contribution in [0.25, 0.3) is 22.1 Å². The molecule has 2 aliphatic carbocycles. The number of imidazole rings is 2. The van der Waals surface area contributed by atoms with Crippen LogP contribution in [0.1, 0.15) is 86.6 Å². The normalized spacial score (nSPS) is 18.6. The first-order valence-electron chi connectivity index (χ1n) is 20.7. The van der Waals surface area contributed by atoms with E-state index in [1.54, 1.807) is 0 Å². The van der Waals surface area contributed by atoms with Crippen molar-refractivity contribution < 1.29 is 54.9 Å². The molecule has 2 saturated heterocycles. The minimum absolute atomic E-state index is 0.0900. The fraction of sp³-hybridized carbons (Fsp3) is 0.619. The Balaban J connectivity index is 0.000000181. The zero-order valence-electron chi connectivity index (χ0n) is 34.0. The van der Waals surface area contributed by atoms with Gasteiger partial charge < -0.3 is 28.7 Å². The number of carbonyl (C=O) groups is 2. The second-order valence-electron chi connectivity index (χ2n) is 16.2. The summed E-state index contributed by atoms with van der Waals surface area (Å²) < 4.78 is 103. The summed E-state index contributed by atoms with van der Waals surface area (Å²) in [4.78, 5) is 38.9. The van der Waals surface area contributed by atoms with Crippen molar-refractivity contribution in [3.05, 3.63) is 36.4 Å². The molecule has 4 heterocycles. The second kappa shape index (κ2) is 17.8. The number of morpholine rings is 2. The number of unbranched alkanes of at least 4 members (excludes halogenated alkanes) is 2. The molecule has 0 spiro atoms. The molecular formula is C42H52F6N6O6. The van der Waals surface area contributed by atoms with Crippen molar-refractivity contribution in [2.45, 2.75) is 89.4 Å². The molecule has 4 aliphatic rings. The number of halogens is 6. The maximum Gasteiger partial charge on any atom is 0.394 e. The fourth-order valence-corrected chi connectivity index (χ4v) is 8.24. The Hall–Kier alpha value is -4.58. The fourth-order valence-electron chi connectivity index (χ4n) is 8.24. The van der Waals surface area contributed by atoms with Gasteiger partial charge in [0, 0.05) is 50.4 Å². The summed E-state index contributed by atoms with van der Waals surface area (Å²) in [6, 6.07) is 11.8. The molecule has 2 saturated carbocycles. The van der Waals surface area contributed by atoms with E-state index in [4.69, 9.17) is 18.9 Å². The molecule has 0 atom stereocenters. The third kappa shape index (κ3) is 9.33. The Bertz CT molecular complexity index is 2130. The van der Waals surface area contributed by atoms with Crippen LogP contribution in [-0.2, 0) is 9.47 Å². The molecule has 8 rings (SSSR count). The highest BCUT2D eigenvalue weighted by molar-refractivity contribution is 5.94. The molecular weight excluding hydrogens is 798 g/mol. The third-order valence-electron chi connectivity index (χ3n) is 12.3. The van der Waals surface area contributed by atoms with Crippen LogP contribution in [0.2, 0.25) is 0 Å². The first-order chi connectivity index (χ1) is 28.7.